The summed E-state index contributed by atoms with van der Waals surface area (Å²) >= 11 is 6.12. The normalized spacial score (nSPS) is 24.2. The van der Waals surface area contributed by atoms with E-state index in [0.717, 1.165) is 22.8 Å². The van der Waals surface area contributed by atoms with Gasteiger partial charge in [-0.3, -0.25) is 0 Å². The van der Waals surface area contributed by atoms with Gasteiger partial charge in [0.1, 0.15) is 0 Å². The molecule has 21 heavy (non-hydrogen) atoms. The summed E-state index contributed by atoms with van der Waals surface area (Å²) in [5.74, 6) is 0.548. The molecular weight excluding hydrogens is 308 g/mol. The third kappa shape index (κ3) is 3.71. The molecule has 1 unspecified atom stereocenters. The van der Waals surface area contributed by atoms with Crippen LogP contribution in [0, 0.1) is 0 Å². The van der Waals surface area contributed by atoms with Crippen molar-refractivity contribution in [1.29, 1.82) is 0 Å². The molecule has 1 aromatic carbocycles. The van der Waals surface area contributed by atoms with E-state index >= 15 is 0 Å². The van der Waals surface area contributed by atoms with Crippen molar-refractivity contribution in [3.05, 3.63) is 28.8 Å². The number of nitrogens with one attached hydrogen (secondary N) is 1. The summed E-state index contributed by atoms with van der Waals surface area (Å²) in [6.45, 7) is 0.782. The van der Waals surface area contributed by atoms with Crippen LogP contribution in [-0.4, -0.2) is 39.1 Å². The van der Waals surface area contributed by atoms with Gasteiger partial charge in [-0.05, 0) is 43.0 Å². The molecule has 1 aliphatic heterocycles. The minimum Gasteiger partial charge on any atom is -0.370 e. The molecule has 1 aliphatic carbocycles. The Morgan fingerprint density at radius 3 is 2.71 bits per heavy atom. The largest absolute Gasteiger partial charge is 0.370 e. The van der Waals surface area contributed by atoms with Crippen LogP contribution in [0.15, 0.2) is 18.2 Å². The highest BCUT2D eigenvalue weighted by Crippen LogP contribution is 2.29. The number of hydrogen-bond donors (Lipinski definition) is 1. The molecule has 1 heterocycles. The molecule has 0 bridgehead atoms. The maximum Gasteiger partial charge on any atom is 0.152 e. The number of nitrogens with zero attached hydrogens (tertiary/aromatic N) is 1. The van der Waals surface area contributed by atoms with Gasteiger partial charge in [0.2, 0.25) is 0 Å². The molecule has 3 rings (SSSR count). The average molecular weight is 329 g/mol. The van der Waals surface area contributed by atoms with Crippen LogP contribution in [0.2, 0.25) is 5.02 Å². The monoisotopic (exact) mass is 328 g/mol. The lowest BCUT2D eigenvalue weighted by Crippen LogP contribution is -2.33. The number of sulfone groups is 1. The molecule has 4 nitrogen and oxygen atoms in total. The zero-order valence-corrected chi connectivity index (χ0v) is 13.8. The fourth-order valence-corrected chi connectivity index (χ4v) is 4.83. The van der Waals surface area contributed by atoms with Crippen molar-refractivity contribution >= 4 is 27.1 Å². The molecule has 0 amide bonds. The van der Waals surface area contributed by atoms with Crippen LogP contribution >= 0.6 is 11.6 Å². The Bertz CT molecular complexity index is 629. The van der Waals surface area contributed by atoms with Gasteiger partial charge < -0.3 is 10.2 Å². The van der Waals surface area contributed by atoms with Crippen molar-refractivity contribution in [2.45, 2.75) is 37.9 Å². The molecule has 2 aliphatic rings. The van der Waals surface area contributed by atoms with Crippen molar-refractivity contribution in [1.82, 2.24) is 5.32 Å². The summed E-state index contributed by atoms with van der Waals surface area (Å²) in [6.07, 6.45) is 3.19. The molecule has 0 spiro atoms. The predicted octanol–water partition coefficient (Wildman–Crippen LogP) is 2.22. The van der Waals surface area contributed by atoms with E-state index < -0.39 is 9.84 Å². The van der Waals surface area contributed by atoms with E-state index in [1.165, 1.54) is 12.8 Å². The quantitative estimate of drug-likeness (QED) is 0.900. The SMILES string of the molecule is CN(c1ccc(Cl)cc1CNC1CC1)C1CCS(=O)(=O)C1. The maximum atomic E-state index is 11.7. The molecule has 116 valence electrons. The molecular formula is C15H21ClN2O2S. The summed E-state index contributed by atoms with van der Waals surface area (Å²) in [5, 5.41) is 4.22. The van der Waals surface area contributed by atoms with Crippen molar-refractivity contribution in [3.63, 3.8) is 0 Å². The van der Waals surface area contributed by atoms with E-state index in [4.69, 9.17) is 11.6 Å². The summed E-state index contributed by atoms with van der Waals surface area (Å²) in [5.41, 5.74) is 2.22. The van der Waals surface area contributed by atoms with Crippen LogP contribution in [0.1, 0.15) is 24.8 Å². The van der Waals surface area contributed by atoms with Gasteiger partial charge in [-0.25, -0.2) is 8.42 Å². The van der Waals surface area contributed by atoms with Gasteiger partial charge in [0.25, 0.3) is 0 Å². The smallest absolute Gasteiger partial charge is 0.152 e. The Morgan fingerprint density at radius 1 is 1.33 bits per heavy atom. The second-order valence-electron chi connectivity index (χ2n) is 6.10. The van der Waals surface area contributed by atoms with Crippen molar-refractivity contribution in [2.24, 2.45) is 0 Å². The maximum absolute atomic E-state index is 11.7. The van der Waals surface area contributed by atoms with Gasteiger partial charge in [-0.15, -0.1) is 0 Å². The first-order chi connectivity index (χ1) is 9.94. The van der Waals surface area contributed by atoms with Crippen LogP contribution in [0.5, 0.6) is 0 Å². The van der Waals surface area contributed by atoms with Crippen LogP contribution in [0.3, 0.4) is 0 Å². The predicted molar refractivity (Wildman–Crippen MR) is 86.8 cm³/mol. The standard InChI is InChI=1S/C15H21ClN2O2S/c1-18(14-6-7-21(19,20)10-14)15-5-2-12(16)8-11(15)9-17-13-3-4-13/h2,5,8,13-14,17H,3-4,6-7,9-10H2,1H3. The first kappa shape index (κ1) is 15.1. The molecule has 1 N–H and O–H groups in total. The third-order valence-corrected chi connectivity index (χ3v) is 6.32. The molecule has 6 heteroatoms. The number of anilines is 1. The summed E-state index contributed by atoms with van der Waals surface area (Å²) in [7, 11) is -0.887. The molecule has 0 radical (unpaired) electrons. The molecule has 1 saturated heterocycles. The zero-order valence-electron chi connectivity index (χ0n) is 12.2. The van der Waals surface area contributed by atoms with Gasteiger partial charge >= 0.3 is 0 Å². The zero-order chi connectivity index (χ0) is 15.0. The highest BCUT2D eigenvalue weighted by atomic mass is 35.5. The van der Waals surface area contributed by atoms with E-state index in [2.05, 4.69) is 10.2 Å². The molecule has 0 aromatic heterocycles. The van der Waals surface area contributed by atoms with Crippen LogP contribution in [0.25, 0.3) is 0 Å². The van der Waals surface area contributed by atoms with Crippen molar-refractivity contribution in [2.75, 3.05) is 23.5 Å². The number of halogens is 1. The fraction of sp³-hybridized carbons (Fsp3) is 0.600. The Hall–Kier alpha value is -0.780. The van der Waals surface area contributed by atoms with Gasteiger partial charge in [-0.2, -0.15) is 0 Å². The lowest BCUT2D eigenvalue weighted by Gasteiger charge is -2.28. The van der Waals surface area contributed by atoms with E-state index in [9.17, 15) is 8.42 Å². The number of hydrogen-bond acceptors (Lipinski definition) is 4. The second kappa shape index (κ2) is 5.78. The number of rotatable bonds is 5. The first-order valence-electron chi connectivity index (χ1n) is 7.40. The first-order valence-corrected chi connectivity index (χ1v) is 9.59. The minimum atomic E-state index is -2.87. The van der Waals surface area contributed by atoms with E-state index in [0.29, 0.717) is 18.2 Å². The highest BCUT2D eigenvalue weighted by molar-refractivity contribution is 7.91. The van der Waals surface area contributed by atoms with E-state index in [1.807, 2.05) is 25.2 Å². The van der Waals surface area contributed by atoms with Gasteiger partial charge in [-0.1, -0.05) is 11.6 Å². The van der Waals surface area contributed by atoms with Crippen LogP contribution in [-0.2, 0) is 16.4 Å². The van der Waals surface area contributed by atoms with Gasteiger partial charge in [0, 0.05) is 36.4 Å². The Labute approximate surface area is 131 Å². The Balaban J connectivity index is 1.79. The lowest BCUT2D eigenvalue weighted by atomic mass is 10.1. The fourth-order valence-electron chi connectivity index (χ4n) is 2.86. The summed E-state index contributed by atoms with van der Waals surface area (Å²) in [6, 6.07) is 6.55. The summed E-state index contributed by atoms with van der Waals surface area (Å²) < 4.78 is 23.4. The lowest BCUT2D eigenvalue weighted by molar-refractivity contribution is 0.600. The van der Waals surface area contributed by atoms with Crippen LogP contribution in [0.4, 0.5) is 5.69 Å². The minimum absolute atomic E-state index is 0.0656. The Morgan fingerprint density at radius 2 is 2.10 bits per heavy atom. The highest BCUT2D eigenvalue weighted by Gasteiger charge is 2.31. The molecule has 1 atom stereocenters. The topological polar surface area (TPSA) is 49.4 Å². The van der Waals surface area contributed by atoms with Gasteiger partial charge in [0.15, 0.2) is 9.84 Å². The second-order valence-corrected chi connectivity index (χ2v) is 8.76. The van der Waals surface area contributed by atoms with E-state index in [1.54, 1.807) is 0 Å². The van der Waals surface area contributed by atoms with E-state index in [-0.39, 0.29) is 11.8 Å². The van der Waals surface area contributed by atoms with Crippen molar-refractivity contribution < 1.29 is 8.42 Å². The van der Waals surface area contributed by atoms with Crippen molar-refractivity contribution in [3.8, 4) is 0 Å². The summed E-state index contributed by atoms with van der Waals surface area (Å²) in [4.78, 5) is 2.10. The molecule has 1 aromatic rings. The average Bonchev–Trinajstić information content (AvgIpc) is 3.18. The molecule has 1 saturated carbocycles. The third-order valence-electron chi connectivity index (χ3n) is 4.34. The van der Waals surface area contributed by atoms with Gasteiger partial charge in [0.05, 0.1) is 11.5 Å². The Kier molecular flexibility index (Phi) is 4.17. The van der Waals surface area contributed by atoms with Crippen LogP contribution < -0.4 is 10.2 Å². The molecule has 2 fully saturated rings. The number of benzene rings is 1.